The number of nitrogens with zero attached hydrogens (tertiary/aromatic N) is 1. The molecule has 6 heteroatoms. The van der Waals surface area contributed by atoms with Gasteiger partial charge in [0.1, 0.15) is 0 Å². The zero-order valence-electron chi connectivity index (χ0n) is 12.7. The Morgan fingerprint density at radius 2 is 1.92 bits per heavy atom. The third kappa shape index (κ3) is 2.14. The lowest BCUT2D eigenvalue weighted by molar-refractivity contribution is 0.190. The van der Waals surface area contributed by atoms with Crippen molar-refractivity contribution in [3.63, 3.8) is 0 Å². The molecule has 0 saturated carbocycles. The van der Waals surface area contributed by atoms with Crippen LogP contribution in [0.25, 0.3) is 10.9 Å². The molecule has 122 valence electrons. The molecule has 24 heavy (non-hydrogen) atoms. The van der Waals surface area contributed by atoms with Gasteiger partial charge in [0.2, 0.25) is 0 Å². The third-order valence-corrected chi connectivity index (χ3v) is 4.62. The van der Waals surface area contributed by atoms with Gasteiger partial charge >= 0.3 is 6.03 Å². The van der Waals surface area contributed by atoms with Crippen molar-refractivity contribution in [1.82, 2.24) is 9.88 Å². The van der Waals surface area contributed by atoms with Crippen LogP contribution < -0.4 is 5.73 Å². The van der Waals surface area contributed by atoms with Crippen LogP contribution in [0, 0.1) is 11.6 Å². The van der Waals surface area contributed by atoms with E-state index in [1.165, 1.54) is 0 Å². The first-order chi connectivity index (χ1) is 11.6. The molecule has 3 N–H and O–H groups in total. The number of H-pyrrole nitrogens is 1. The van der Waals surface area contributed by atoms with Crippen LogP contribution in [-0.4, -0.2) is 22.5 Å². The van der Waals surface area contributed by atoms with Crippen LogP contribution in [-0.2, 0) is 6.42 Å². The van der Waals surface area contributed by atoms with E-state index >= 15 is 0 Å². The molecule has 1 aliphatic heterocycles. The average molecular weight is 327 g/mol. The summed E-state index contributed by atoms with van der Waals surface area (Å²) in [5.41, 5.74) is 8.82. The van der Waals surface area contributed by atoms with E-state index in [1.54, 1.807) is 11.1 Å². The first-order valence-corrected chi connectivity index (χ1v) is 7.66. The third-order valence-electron chi connectivity index (χ3n) is 4.62. The fourth-order valence-corrected chi connectivity index (χ4v) is 3.50. The number of hydrogen-bond donors (Lipinski definition) is 2. The number of fused-ring (bicyclic) bond motifs is 2. The summed E-state index contributed by atoms with van der Waals surface area (Å²) in [7, 11) is 0. The molecular weight excluding hydrogens is 312 g/mol. The molecule has 3 aromatic rings. The number of rotatable bonds is 1. The molecular formula is C18H15F2N3O. The summed E-state index contributed by atoms with van der Waals surface area (Å²) in [6, 6.07) is 9.11. The summed E-state index contributed by atoms with van der Waals surface area (Å²) in [6.45, 7) is 0.480. The Labute approximate surface area is 136 Å². The highest BCUT2D eigenvalue weighted by molar-refractivity contribution is 5.85. The van der Waals surface area contributed by atoms with Crippen LogP contribution in [0.1, 0.15) is 22.7 Å². The van der Waals surface area contributed by atoms with Crippen molar-refractivity contribution < 1.29 is 13.6 Å². The van der Waals surface area contributed by atoms with Gasteiger partial charge in [-0.2, -0.15) is 0 Å². The van der Waals surface area contributed by atoms with Gasteiger partial charge in [0.25, 0.3) is 0 Å². The Balaban J connectivity index is 1.95. The van der Waals surface area contributed by atoms with E-state index in [0.29, 0.717) is 29.4 Å². The van der Waals surface area contributed by atoms with Gasteiger partial charge in [-0.3, -0.25) is 0 Å². The van der Waals surface area contributed by atoms with Gasteiger partial charge in [-0.05, 0) is 23.6 Å². The molecule has 0 bridgehead atoms. The SMILES string of the molecule is NC(=O)N1CCc2ccccc2C1c1c[nH]c2cc(F)c(F)cc12. The largest absolute Gasteiger partial charge is 0.361 e. The number of nitrogens with one attached hydrogen (secondary N) is 1. The normalized spacial score (nSPS) is 17.1. The van der Waals surface area contributed by atoms with Crippen molar-refractivity contribution in [2.24, 2.45) is 5.73 Å². The summed E-state index contributed by atoms with van der Waals surface area (Å²) in [5.74, 6) is -1.83. The number of amides is 2. The van der Waals surface area contributed by atoms with Crippen molar-refractivity contribution in [2.45, 2.75) is 12.5 Å². The number of primary amides is 1. The zero-order chi connectivity index (χ0) is 16.8. The van der Waals surface area contributed by atoms with Crippen LogP contribution in [0.3, 0.4) is 0 Å². The molecule has 0 aliphatic carbocycles. The minimum Gasteiger partial charge on any atom is -0.361 e. The highest BCUT2D eigenvalue weighted by Crippen LogP contribution is 2.38. The van der Waals surface area contributed by atoms with E-state index in [-0.39, 0.29) is 0 Å². The molecule has 0 fully saturated rings. The maximum absolute atomic E-state index is 13.7. The topological polar surface area (TPSA) is 62.1 Å². The quantitative estimate of drug-likeness (QED) is 0.706. The van der Waals surface area contributed by atoms with Crippen LogP contribution in [0.15, 0.2) is 42.6 Å². The van der Waals surface area contributed by atoms with Gasteiger partial charge in [0.05, 0.1) is 6.04 Å². The predicted molar refractivity (Wildman–Crippen MR) is 86.5 cm³/mol. The zero-order valence-corrected chi connectivity index (χ0v) is 12.7. The van der Waals surface area contributed by atoms with E-state index in [2.05, 4.69) is 4.98 Å². The van der Waals surface area contributed by atoms with Crippen molar-refractivity contribution in [3.8, 4) is 0 Å². The van der Waals surface area contributed by atoms with Crippen LogP contribution >= 0.6 is 0 Å². The first-order valence-electron chi connectivity index (χ1n) is 7.66. The van der Waals surface area contributed by atoms with Crippen LogP contribution in [0.2, 0.25) is 0 Å². The lowest BCUT2D eigenvalue weighted by atomic mass is 9.88. The maximum atomic E-state index is 13.7. The van der Waals surface area contributed by atoms with Crippen molar-refractivity contribution in [2.75, 3.05) is 6.54 Å². The monoisotopic (exact) mass is 327 g/mol. The second kappa shape index (κ2) is 5.33. The van der Waals surface area contributed by atoms with E-state index in [9.17, 15) is 13.6 Å². The van der Waals surface area contributed by atoms with Gasteiger partial charge in [-0.15, -0.1) is 0 Å². The number of nitrogens with two attached hydrogens (primary N) is 1. The summed E-state index contributed by atoms with van der Waals surface area (Å²) in [4.78, 5) is 16.5. The fraction of sp³-hybridized carbons (Fsp3) is 0.167. The van der Waals surface area contributed by atoms with Gasteiger partial charge in [-0.1, -0.05) is 24.3 Å². The standard InChI is InChI=1S/C18H15F2N3O/c19-14-7-12-13(9-22-16(12)8-15(14)20)17-11-4-2-1-3-10(11)5-6-23(17)18(21)24/h1-4,7-9,17,22H,5-6H2,(H2,21,24). The molecule has 1 aromatic heterocycles. The van der Waals surface area contributed by atoms with Gasteiger partial charge < -0.3 is 15.6 Å². The molecule has 2 aromatic carbocycles. The Morgan fingerprint density at radius 3 is 2.71 bits per heavy atom. The Morgan fingerprint density at radius 1 is 1.17 bits per heavy atom. The summed E-state index contributed by atoms with van der Waals surface area (Å²) >= 11 is 0. The van der Waals surface area contributed by atoms with E-state index < -0.39 is 23.7 Å². The van der Waals surface area contributed by atoms with Crippen molar-refractivity contribution in [3.05, 3.63) is 70.9 Å². The second-order valence-electron chi connectivity index (χ2n) is 5.94. The highest BCUT2D eigenvalue weighted by Gasteiger charge is 2.32. The van der Waals surface area contributed by atoms with Gasteiger partial charge in [-0.25, -0.2) is 13.6 Å². The first kappa shape index (κ1) is 14.7. The fourth-order valence-electron chi connectivity index (χ4n) is 3.50. The summed E-state index contributed by atoms with van der Waals surface area (Å²) in [5, 5.41) is 0.543. The van der Waals surface area contributed by atoms with Crippen LogP contribution in [0.5, 0.6) is 0 Å². The number of aromatic amines is 1. The molecule has 1 atom stereocenters. The summed E-state index contributed by atoms with van der Waals surface area (Å²) < 4.78 is 27.2. The number of aromatic nitrogens is 1. The molecule has 1 unspecified atom stereocenters. The molecule has 4 rings (SSSR count). The molecule has 0 radical (unpaired) electrons. The lowest BCUT2D eigenvalue weighted by Gasteiger charge is -2.36. The molecule has 0 spiro atoms. The molecule has 4 nitrogen and oxygen atoms in total. The van der Waals surface area contributed by atoms with Gasteiger partial charge in [0.15, 0.2) is 11.6 Å². The van der Waals surface area contributed by atoms with Gasteiger partial charge in [0, 0.05) is 35.3 Å². The van der Waals surface area contributed by atoms with Crippen molar-refractivity contribution >= 4 is 16.9 Å². The van der Waals surface area contributed by atoms with E-state index in [4.69, 9.17) is 5.73 Å². The lowest BCUT2D eigenvalue weighted by Crippen LogP contribution is -2.43. The number of carbonyl (C=O) groups excluding carboxylic acids is 1. The summed E-state index contributed by atoms with van der Waals surface area (Å²) in [6.07, 6.45) is 2.40. The molecule has 0 saturated heterocycles. The number of urea groups is 1. The number of halogens is 2. The van der Waals surface area contributed by atoms with E-state index in [0.717, 1.165) is 23.3 Å². The Hall–Kier alpha value is -2.89. The Bertz CT molecular complexity index is 951. The number of hydrogen-bond acceptors (Lipinski definition) is 1. The minimum absolute atomic E-state index is 0.425. The Kier molecular flexibility index (Phi) is 3.26. The van der Waals surface area contributed by atoms with Crippen molar-refractivity contribution in [1.29, 1.82) is 0 Å². The van der Waals surface area contributed by atoms with E-state index in [1.807, 2.05) is 24.3 Å². The average Bonchev–Trinajstić information content (AvgIpc) is 2.96. The molecule has 2 amide bonds. The maximum Gasteiger partial charge on any atom is 0.315 e. The van der Waals surface area contributed by atoms with Crippen LogP contribution in [0.4, 0.5) is 13.6 Å². The smallest absolute Gasteiger partial charge is 0.315 e. The predicted octanol–water partition coefficient (Wildman–Crippen LogP) is 3.47. The molecule has 2 heterocycles. The number of benzene rings is 2. The second-order valence-corrected chi connectivity index (χ2v) is 5.94. The molecule has 1 aliphatic rings. The highest BCUT2D eigenvalue weighted by atomic mass is 19.2. The number of carbonyl (C=O) groups is 1. The minimum atomic E-state index is -0.918.